The monoisotopic (exact) mass is 1410 g/mol. The summed E-state index contributed by atoms with van der Waals surface area (Å²) in [5.41, 5.74) is 7.02. The van der Waals surface area contributed by atoms with E-state index in [1.165, 1.54) is 0 Å². The molecule has 38 heteroatoms. The molecule has 4 heterocycles. The van der Waals surface area contributed by atoms with Crippen LogP contribution in [-0.4, -0.2) is 371 Å². The van der Waals surface area contributed by atoms with Gasteiger partial charge >= 0.3 is 23.9 Å². The van der Waals surface area contributed by atoms with Crippen molar-refractivity contribution in [1.82, 2.24) is 26.2 Å². The van der Waals surface area contributed by atoms with Gasteiger partial charge in [-0.2, -0.15) is 16.4 Å². The molecule has 0 bridgehead atoms. The SMILES string of the molecule is CCN(CC)CCOCC1OC(OC2C(COCC(=O)O)OC(OC3C(COCC[N+](CC)(CC)CCN(CC)CC)OC(ON[C@H](C=O)CCC(=O)O)C(O)C3O)C(O)C2O)C(O)C(O)C1OC1OC(CON[C@H](C=O)CCC(=O)O)C(ON[C@H](C=O)CCC(=O)O)C(O)C1O. The largest absolute Gasteiger partial charge is 0.481 e. The molecule has 0 aromatic rings. The molecule has 4 fully saturated rings. The van der Waals surface area contributed by atoms with Crippen LogP contribution in [0.5, 0.6) is 0 Å². The number of quaternary nitrogens is 1. The zero-order valence-electron chi connectivity index (χ0n) is 55.6. The van der Waals surface area contributed by atoms with E-state index in [9.17, 15) is 89.7 Å². The third-order valence-corrected chi connectivity index (χ3v) is 17.5. The summed E-state index contributed by atoms with van der Waals surface area (Å²) < 4.78 is 61.2. The molecule has 4 rings (SSSR count). The van der Waals surface area contributed by atoms with Crippen LogP contribution in [0.3, 0.4) is 0 Å². The number of aliphatic hydroxyl groups excluding tert-OH is 8. The molecule has 0 aromatic heterocycles. The fourth-order valence-electron chi connectivity index (χ4n) is 11.1. The zero-order valence-corrected chi connectivity index (χ0v) is 55.6. The molecule has 562 valence electrons. The Balaban J connectivity index is 1.65. The number of aliphatic hydroxyl groups is 8. The van der Waals surface area contributed by atoms with Crippen molar-refractivity contribution in [2.45, 2.75) is 221 Å². The number of carbonyl (C=O) groups excluding carboxylic acids is 3. The van der Waals surface area contributed by atoms with Gasteiger partial charge in [0.25, 0.3) is 0 Å². The van der Waals surface area contributed by atoms with Gasteiger partial charge in [-0.25, -0.2) is 4.79 Å². The first-order valence-electron chi connectivity index (χ1n) is 32.8. The average Bonchev–Trinajstić information content (AvgIpc) is 0.780. The first kappa shape index (κ1) is 85.2. The molecule has 0 saturated carbocycles. The van der Waals surface area contributed by atoms with Crippen LogP contribution < -0.4 is 16.4 Å². The van der Waals surface area contributed by atoms with E-state index in [1.807, 2.05) is 18.7 Å². The van der Waals surface area contributed by atoms with E-state index in [0.717, 1.165) is 39.3 Å². The van der Waals surface area contributed by atoms with E-state index >= 15 is 0 Å². The minimum Gasteiger partial charge on any atom is -0.481 e. The molecule has 15 N–H and O–H groups in total. The summed E-state index contributed by atoms with van der Waals surface area (Å²) >= 11 is 0. The molecule has 23 atom stereocenters. The van der Waals surface area contributed by atoms with Crippen molar-refractivity contribution in [2.24, 2.45) is 0 Å². The maximum absolute atomic E-state index is 12.0. The molecule has 0 aliphatic carbocycles. The van der Waals surface area contributed by atoms with E-state index in [1.54, 1.807) is 0 Å². The van der Waals surface area contributed by atoms with Gasteiger partial charge in [0, 0.05) is 32.4 Å². The Morgan fingerprint density at radius 1 is 0.433 bits per heavy atom. The minimum absolute atomic E-state index is 0.0336. The van der Waals surface area contributed by atoms with E-state index in [0.29, 0.717) is 49.5 Å². The van der Waals surface area contributed by atoms with Gasteiger partial charge < -0.3 is 132 Å². The summed E-state index contributed by atoms with van der Waals surface area (Å²) in [6.07, 6.45) is -39.2. The van der Waals surface area contributed by atoms with E-state index in [2.05, 4.69) is 49.0 Å². The van der Waals surface area contributed by atoms with Gasteiger partial charge in [-0.1, -0.05) is 27.7 Å². The second-order valence-electron chi connectivity index (χ2n) is 23.8. The number of hydrogen-bond acceptors (Lipinski definition) is 33. The van der Waals surface area contributed by atoms with Gasteiger partial charge in [0.1, 0.15) is 130 Å². The highest BCUT2D eigenvalue weighted by Gasteiger charge is 2.56. The Bertz CT molecular complexity index is 2300. The second-order valence-corrected chi connectivity index (χ2v) is 23.8. The van der Waals surface area contributed by atoms with E-state index in [-0.39, 0.29) is 39.1 Å². The summed E-state index contributed by atoms with van der Waals surface area (Å²) in [5.74, 6) is -5.14. The molecule has 4 saturated heterocycles. The maximum atomic E-state index is 12.0. The molecule has 38 nitrogen and oxygen atoms in total. The second kappa shape index (κ2) is 44.2. The van der Waals surface area contributed by atoms with E-state index in [4.69, 9.17) is 67.0 Å². The van der Waals surface area contributed by atoms with Crippen molar-refractivity contribution >= 4 is 42.7 Å². The average molecular weight is 1410 g/mol. The lowest BCUT2D eigenvalue weighted by molar-refractivity contribution is -0.924. The molecule has 0 radical (unpaired) electrons. The summed E-state index contributed by atoms with van der Waals surface area (Å²) in [7, 11) is 0. The number of carbonyl (C=O) groups is 7. The normalized spacial score (nSPS) is 32.0. The lowest BCUT2D eigenvalue weighted by Gasteiger charge is -2.49. The Kier molecular flexibility index (Phi) is 38.9. The van der Waals surface area contributed by atoms with Crippen molar-refractivity contribution in [3.8, 4) is 0 Å². The fraction of sp³-hybridized carbons (Fsp3) is 0.881. The number of nitrogens with zero attached hydrogens (tertiary/aromatic N) is 3. The van der Waals surface area contributed by atoms with Crippen molar-refractivity contribution in [3.63, 3.8) is 0 Å². The lowest BCUT2D eigenvalue weighted by atomic mass is 9.95. The number of ether oxygens (including phenoxy) is 10. The molecular weight excluding hydrogens is 1300 g/mol. The number of carboxylic acid groups (broad SMARTS) is 4. The molecule has 4 aliphatic rings. The molecule has 0 amide bonds. The molecule has 20 unspecified atom stereocenters. The Morgan fingerprint density at radius 2 is 0.794 bits per heavy atom. The Hall–Kier alpha value is -4.19. The van der Waals surface area contributed by atoms with Crippen LogP contribution in [0, 0.1) is 0 Å². The quantitative estimate of drug-likeness (QED) is 0.0117. The highest BCUT2D eigenvalue weighted by Crippen LogP contribution is 2.36. The van der Waals surface area contributed by atoms with Crippen LogP contribution in [0.2, 0.25) is 0 Å². The number of rotatable bonds is 51. The molecule has 0 spiro atoms. The number of aliphatic carboxylic acids is 4. The van der Waals surface area contributed by atoms with Gasteiger partial charge in [0.2, 0.25) is 6.29 Å². The number of aldehydes is 3. The highest BCUT2D eigenvalue weighted by atomic mass is 16.8. The minimum atomic E-state index is -2.22. The number of nitrogens with one attached hydrogen (secondary N) is 3. The van der Waals surface area contributed by atoms with Crippen molar-refractivity contribution in [2.75, 3.05) is 112 Å². The molecule has 4 aliphatic heterocycles. The van der Waals surface area contributed by atoms with Crippen molar-refractivity contribution in [1.29, 1.82) is 0 Å². The highest BCUT2D eigenvalue weighted by molar-refractivity contribution is 5.69. The smallest absolute Gasteiger partial charge is 0.329 e. The third-order valence-electron chi connectivity index (χ3n) is 17.5. The number of hydrogen-bond donors (Lipinski definition) is 15. The van der Waals surface area contributed by atoms with Crippen molar-refractivity contribution in [3.05, 3.63) is 0 Å². The van der Waals surface area contributed by atoms with Gasteiger partial charge in [-0.05, 0) is 59.3 Å². The maximum Gasteiger partial charge on any atom is 0.329 e. The van der Waals surface area contributed by atoms with Gasteiger partial charge in [-0.15, -0.1) is 0 Å². The number of likely N-dealkylation sites (N-methyl/N-ethyl adjacent to an activating group) is 3. The van der Waals surface area contributed by atoms with E-state index < -0.39 is 211 Å². The van der Waals surface area contributed by atoms with Gasteiger partial charge in [0.05, 0.1) is 77.4 Å². The van der Waals surface area contributed by atoms with Crippen LogP contribution in [0.25, 0.3) is 0 Å². The molecule has 0 aromatic carbocycles. The number of carboxylic acids is 4. The summed E-state index contributed by atoms with van der Waals surface area (Å²) in [5, 5.41) is 131. The zero-order chi connectivity index (χ0) is 71.9. The summed E-state index contributed by atoms with van der Waals surface area (Å²) in [6, 6.07) is -3.67. The predicted octanol–water partition coefficient (Wildman–Crippen LogP) is -6.17. The Morgan fingerprint density at radius 3 is 1.20 bits per heavy atom. The first-order valence-corrected chi connectivity index (χ1v) is 32.8. The topological polar surface area (TPSA) is 525 Å². The van der Waals surface area contributed by atoms with Crippen LogP contribution in [0.15, 0.2) is 0 Å². The van der Waals surface area contributed by atoms with Gasteiger partial charge in [0.15, 0.2) is 18.9 Å². The molecule has 97 heavy (non-hydrogen) atoms. The fourth-order valence-corrected chi connectivity index (χ4v) is 11.1. The van der Waals surface area contributed by atoms with Crippen LogP contribution in [-0.2, 0) is 95.4 Å². The van der Waals surface area contributed by atoms with Crippen LogP contribution in [0.4, 0.5) is 0 Å². The predicted molar refractivity (Wildman–Crippen MR) is 326 cm³/mol. The van der Waals surface area contributed by atoms with Crippen molar-refractivity contribution < 1.29 is 161 Å². The van der Waals surface area contributed by atoms with Gasteiger partial charge in [-0.3, -0.25) is 33.8 Å². The molecular formula is C59H105N6O32+. The number of hydroxylamine groups is 3. The summed E-state index contributed by atoms with van der Waals surface area (Å²) in [4.78, 5) is 102. The van der Waals surface area contributed by atoms with Crippen LogP contribution >= 0.6 is 0 Å². The van der Waals surface area contributed by atoms with Crippen LogP contribution in [0.1, 0.15) is 80.1 Å². The summed E-state index contributed by atoms with van der Waals surface area (Å²) in [6.45, 7) is 16.0. The third kappa shape index (κ3) is 26.9. The Labute approximate surface area is 561 Å². The first-order chi connectivity index (χ1) is 46.3. The lowest BCUT2D eigenvalue weighted by Crippen LogP contribution is -2.68. The standard InChI is InChI=1S/C59H104N6O32/c1-7-63(8-2)19-21-65(11-5,12-6)22-24-86-29-37-53(46(79)51(84)59(92-37)97-62-35(27-68)15-18-42(73)74)94-57-49(82)45(78)54(38(90-57)30-87-32-43(75)76)95-56-48(81)44(77)52(36(89-56)28-85-23-20-64(9-3)10-4)93-58-50(83)47(80)55(96-61-34(26-67)14-17-41(71)72)39(91-58)31-88-60-33(25-66)13-16-40(69)70/h25-27,33-39,44-62,77-84H,7-24,28-32H2,1-6H3,(H3-,69,70,71,72,73,74,75,76)/p+1/t33-,34-,35-,36?,37?,38?,39?,44?,45?,46?,47?,48?,49?,50?,51?,52?,53?,54?,55?,56?,57?,58?,59?/m0/s1.